The summed E-state index contributed by atoms with van der Waals surface area (Å²) in [5.74, 6) is 0.377. The second-order valence-corrected chi connectivity index (χ2v) is 2.80. The Hall–Kier alpha value is -1.01. The minimum Gasteiger partial charge on any atom is -0.679 e. The molecule has 2 aromatic rings. The first-order valence-electron chi connectivity index (χ1n) is 5.26. The number of nitrogen functional groups attached to an aromatic ring is 1. The predicted molar refractivity (Wildman–Crippen MR) is 77.7 cm³/mol. The Bertz CT molecular complexity index is 416. The van der Waals surface area contributed by atoms with E-state index in [2.05, 4.69) is 44.9 Å². The normalized spacial score (nSPS) is 8.50. The van der Waals surface area contributed by atoms with Crippen molar-refractivity contribution in [2.75, 3.05) is 31.9 Å². The Balaban J connectivity index is 0. The van der Waals surface area contributed by atoms with Gasteiger partial charge < -0.3 is 43.6 Å². The van der Waals surface area contributed by atoms with Gasteiger partial charge in [0.15, 0.2) is 0 Å². The number of rotatable bonds is 2. The third kappa shape index (κ3) is 9.86. The molecule has 6 N–H and O–H groups in total. The SMILES string of the molecule is Nc1ncnc2[n-]cnc12.[Cl][Co+].[NH-]CC[NH-].[NH-]CC[NH-]. The molecule has 0 aliphatic rings. The molecule has 0 aromatic carbocycles. The van der Waals surface area contributed by atoms with Gasteiger partial charge in [-0.25, -0.2) is 4.98 Å². The van der Waals surface area contributed by atoms with E-state index < -0.39 is 0 Å². The van der Waals surface area contributed by atoms with E-state index in [1.165, 1.54) is 12.7 Å². The molecule has 2 rings (SSSR count). The maximum absolute atomic E-state index is 6.26. The van der Waals surface area contributed by atoms with Crippen molar-refractivity contribution in [2.45, 2.75) is 0 Å². The van der Waals surface area contributed by atoms with E-state index in [-0.39, 0.29) is 26.2 Å². The van der Waals surface area contributed by atoms with Gasteiger partial charge in [-0.1, -0.05) is 0 Å². The van der Waals surface area contributed by atoms with Gasteiger partial charge in [0.2, 0.25) is 0 Å². The quantitative estimate of drug-likeness (QED) is 0.878. The number of nitrogens with two attached hydrogens (primary N) is 1. The van der Waals surface area contributed by atoms with Crippen molar-refractivity contribution < 1.29 is 14.8 Å². The summed E-state index contributed by atoms with van der Waals surface area (Å²) in [6.07, 6.45) is 2.78. The van der Waals surface area contributed by atoms with E-state index in [0.29, 0.717) is 17.0 Å². The number of imidazole rings is 1. The van der Waals surface area contributed by atoms with Crippen LogP contribution in [0.2, 0.25) is 0 Å². The first-order valence-corrected chi connectivity index (χ1v) is 6.69. The van der Waals surface area contributed by atoms with Crippen LogP contribution in [0, 0.1) is 0 Å². The molecule has 0 unspecified atom stereocenters. The first kappa shape index (κ1) is 21.3. The summed E-state index contributed by atoms with van der Waals surface area (Å²) >= 11 is 3.03. The summed E-state index contributed by atoms with van der Waals surface area (Å²) in [5.41, 5.74) is 31.6. The summed E-state index contributed by atoms with van der Waals surface area (Å²) in [6, 6.07) is 0. The van der Waals surface area contributed by atoms with Gasteiger partial charge in [-0.2, -0.15) is 26.2 Å². The zero-order valence-electron chi connectivity index (χ0n) is 10.6. The Morgan fingerprint density at radius 2 is 1.50 bits per heavy atom. The number of halogens is 1. The summed E-state index contributed by atoms with van der Waals surface area (Å²) in [6.45, 7) is 0.944. The number of nitrogens with one attached hydrogen (secondary N) is 4. The molecular weight excluding hydrogens is 329 g/mol. The van der Waals surface area contributed by atoms with E-state index in [1.807, 2.05) is 0 Å². The minimum absolute atomic E-state index is 0.236. The Morgan fingerprint density at radius 1 is 1.00 bits per heavy atom. The van der Waals surface area contributed by atoms with Gasteiger partial charge in [0.05, 0.1) is 0 Å². The van der Waals surface area contributed by atoms with Gasteiger partial charge >= 0.3 is 25.0 Å². The maximum atomic E-state index is 6.26. The predicted octanol–water partition coefficient (Wildman–Crippen LogP) is 2.43. The van der Waals surface area contributed by atoms with Gasteiger partial charge in [-0.05, 0) is 6.33 Å². The zero-order valence-corrected chi connectivity index (χ0v) is 12.4. The minimum atomic E-state index is 0.236. The Kier molecular flexibility index (Phi) is 17.1. The molecule has 2 heterocycles. The number of anilines is 1. The van der Waals surface area contributed by atoms with Crippen LogP contribution in [0.25, 0.3) is 34.1 Å². The largest absolute Gasteiger partial charge is 0.679 e. The van der Waals surface area contributed by atoms with Crippen LogP contribution in [0.5, 0.6) is 0 Å². The molecule has 11 heteroatoms. The second-order valence-electron chi connectivity index (χ2n) is 2.80. The van der Waals surface area contributed by atoms with Crippen LogP contribution in [-0.4, -0.2) is 41.1 Å². The van der Waals surface area contributed by atoms with Crippen LogP contribution in [0.1, 0.15) is 0 Å². The van der Waals surface area contributed by atoms with Crippen LogP contribution in [-0.2, 0) is 14.8 Å². The smallest absolute Gasteiger partial charge is 0.171 e. The molecule has 0 radical (unpaired) electrons. The van der Waals surface area contributed by atoms with Crippen molar-refractivity contribution in [2.24, 2.45) is 0 Å². The fourth-order valence-electron chi connectivity index (χ4n) is 0.742. The van der Waals surface area contributed by atoms with Crippen molar-refractivity contribution in [3.8, 4) is 0 Å². The summed E-state index contributed by atoms with van der Waals surface area (Å²) in [5, 5.41) is 0. The number of hydrogen-bond donors (Lipinski definition) is 1. The monoisotopic (exact) mass is 344 g/mol. The number of nitrogens with zero attached hydrogens (tertiary/aromatic N) is 4. The summed E-state index contributed by atoms with van der Waals surface area (Å²) < 4.78 is 0. The average molecular weight is 345 g/mol. The van der Waals surface area contributed by atoms with Crippen molar-refractivity contribution in [1.29, 1.82) is 0 Å². The average Bonchev–Trinajstić information content (AvgIpc) is 3.00. The maximum Gasteiger partial charge on any atom is -0.171 e. The molecule has 0 aliphatic carbocycles. The zero-order chi connectivity index (χ0) is 15.8. The fourth-order valence-corrected chi connectivity index (χ4v) is 0.742. The molecule has 0 saturated heterocycles. The molecule has 0 atom stereocenters. The molecule has 0 saturated carbocycles. The van der Waals surface area contributed by atoms with Crippen LogP contribution in [0.4, 0.5) is 5.82 Å². The molecule has 20 heavy (non-hydrogen) atoms. The van der Waals surface area contributed by atoms with Gasteiger partial charge in [-0.15, -0.1) is 0 Å². The fraction of sp³-hybridized carbons (Fsp3) is 0.444. The standard InChI is InChI=1S/C5H4N5.2C2H6N2.ClH.Co/c6-4-3-5(9-1-7-3)10-2-8-4;2*3-1-2-4;;/h1-2H,(H2-,6,7,8,9,10);2*3-4H,1-2H2;1H;/q-1;2*-2;;+2/p-1. The molecular formula is C9H16ClCoN9-4. The molecule has 0 bridgehead atoms. The third-order valence-corrected chi connectivity index (χ3v) is 1.45. The first-order chi connectivity index (χ1) is 9.71. The Labute approximate surface area is 129 Å². The molecule has 2 aromatic heterocycles. The van der Waals surface area contributed by atoms with Gasteiger partial charge in [-0.3, -0.25) is 0 Å². The van der Waals surface area contributed by atoms with E-state index in [1.54, 1.807) is 0 Å². The topological polar surface area (TPSA) is 174 Å². The van der Waals surface area contributed by atoms with Gasteiger partial charge in [0.25, 0.3) is 0 Å². The van der Waals surface area contributed by atoms with Crippen LogP contribution in [0.3, 0.4) is 0 Å². The van der Waals surface area contributed by atoms with Crippen molar-refractivity contribution >= 4 is 27.1 Å². The van der Waals surface area contributed by atoms with Crippen LogP contribution < -0.4 is 10.7 Å². The van der Waals surface area contributed by atoms with E-state index in [0.717, 1.165) is 0 Å². The van der Waals surface area contributed by atoms with Crippen LogP contribution in [0.15, 0.2) is 12.7 Å². The molecule has 0 aliphatic heterocycles. The molecule has 0 spiro atoms. The van der Waals surface area contributed by atoms with E-state index in [9.17, 15) is 0 Å². The Morgan fingerprint density at radius 3 is 1.90 bits per heavy atom. The molecule has 9 nitrogen and oxygen atoms in total. The second kappa shape index (κ2) is 16.0. The third-order valence-electron chi connectivity index (χ3n) is 1.45. The van der Waals surface area contributed by atoms with E-state index in [4.69, 9.17) is 28.7 Å². The van der Waals surface area contributed by atoms with E-state index >= 15 is 0 Å². The van der Waals surface area contributed by atoms with Gasteiger partial charge in [0, 0.05) is 17.5 Å². The summed E-state index contributed by atoms with van der Waals surface area (Å²) in [7, 11) is 4.33. The molecule has 0 amide bonds. The van der Waals surface area contributed by atoms with Crippen molar-refractivity contribution in [3.63, 3.8) is 0 Å². The van der Waals surface area contributed by atoms with Crippen molar-refractivity contribution in [3.05, 3.63) is 35.6 Å². The summed E-state index contributed by atoms with van der Waals surface area (Å²) in [4.78, 5) is 15.3. The molecule has 117 valence electrons. The number of aromatic nitrogens is 4. The molecule has 0 fully saturated rings. The van der Waals surface area contributed by atoms with Gasteiger partial charge in [0.1, 0.15) is 5.82 Å². The number of fused-ring (bicyclic) bond motifs is 1. The number of hydrogen-bond acceptors (Lipinski definition) is 4. The van der Waals surface area contributed by atoms with Crippen LogP contribution >= 0.6 is 10.1 Å². The van der Waals surface area contributed by atoms with Crippen molar-refractivity contribution in [1.82, 2.24) is 19.9 Å².